The van der Waals surface area contributed by atoms with Crippen LogP contribution in [0.15, 0.2) is 0 Å². The van der Waals surface area contributed by atoms with Crippen LogP contribution in [0.2, 0.25) is 0 Å². The molecular weight excluding hydrogens is 229 g/mol. The first-order valence-electron chi connectivity index (χ1n) is 5.41. The molecule has 0 atom stereocenters. The van der Waals surface area contributed by atoms with Gasteiger partial charge in [-0.1, -0.05) is 6.92 Å². The quantitative estimate of drug-likeness (QED) is 0.752. The summed E-state index contributed by atoms with van der Waals surface area (Å²) in [7, 11) is 0. The minimum absolute atomic E-state index is 0.108. The number of hydrogen-bond donors (Lipinski definition) is 1. The van der Waals surface area contributed by atoms with Gasteiger partial charge >= 0.3 is 6.18 Å². The van der Waals surface area contributed by atoms with Gasteiger partial charge in [0, 0.05) is 0 Å². The number of hydrogen-bond acceptors (Lipinski definition) is 1. The fraction of sp³-hybridized carbons (Fsp3) is 1.00. The second-order valence-corrected chi connectivity index (χ2v) is 4.30. The van der Waals surface area contributed by atoms with E-state index in [0.29, 0.717) is 6.54 Å². The Morgan fingerprint density at radius 3 is 2.06 bits per heavy atom. The minimum atomic E-state index is -4.25. The van der Waals surface area contributed by atoms with E-state index in [1.807, 2.05) is 0 Å². The van der Waals surface area contributed by atoms with Crippen LogP contribution >= 0.6 is 0 Å². The molecule has 0 heterocycles. The maximum atomic E-state index is 12.8. The Bertz CT molecular complexity index is 218. The highest BCUT2D eigenvalue weighted by Crippen LogP contribution is 2.43. The summed E-state index contributed by atoms with van der Waals surface area (Å²) >= 11 is 0. The van der Waals surface area contributed by atoms with Crippen LogP contribution in [0.1, 0.15) is 32.6 Å². The van der Waals surface area contributed by atoms with Crippen molar-refractivity contribution in [2.75, 3.05) is 6.54 Å². The molecule has 6 heteroatoms. The molecule has 96 valence electrons. The molecule has 0 amide bonds. The zero-order valence-corrected chi connectivity index (χ0v) is 9.08. The molecule has 1 saturated carbocycles. The van der Waals surface area contributed by atoms with E-state index in [4.69, 9.17) is 0 Å². The van der Waals surface area contributed by atoms with Gasteiger partial charge in [-0.25, -0.2) is 8.78 Å². The average Bonchev–Trinajstić information content (AvgIpc) is 2.17. The molecule has 16 heavy (non-hydrogen) atoms. The molecule has 0 aromatic heterocycles. The highest BCUT2D eigenvalue weighted by Gasteiger charge is 2.49. The van der Waals surface area contributed by atoms with Gasteiger partial charge in [0.1, 0.15) is 0 Å². The van der Waals surface area contributed by atoms with E-state index < -0.39 is 24.1 Å². The summed E-state index contributed by atoms with van der Waals surface area (Å²) in [5, 5.41) is 2.65. The highest BCUT2D eigenvalue weighted by molar-refractivity contribution is 4.96. The topological polar surface area (TPSA) is 12.0 Å². The zero-order chi connectivity index (χ0) is 12.4. The van der Waals surface area contributed by atoms with Gasteiger partial charge < -0.3 is 5.32 Å². The van der Waals surface area contributed by atoms with Gasteiger partial charge in [0.05, 0.1) is 11.5 Å². The summed E-state index contributed by atoms with van der Waals surface area (Å²) < 4.78 is 62.8. The second-order valence-electron chi connectivity index (χ2n) is 4.30. The second kappa shape index (κ2) is 4.85. The van der Waals surface area contributed by atoms with E-state index in [-0.39, 0.29) is 25.7 Å². The van der Waals surface area contributed by atoms with Crippen LogP contribution < -0.4 is 5.32 Å². The Kier molecular flexibility index (Phi) is 4.15. The maximum absolute atomic E-state index is 12.8. The van der Waals surface area contributed by atoms with Crippen LogP contribution in [0, 0.1) is 5.92 Å². The van der Waals surface area contributed by atoms with Gasteiger partial charge in [-0.05, 0) is 32.2 Å². The molecule has 0 aromatic rings. The van der Waals surface area contributed by atoms with Crippen LogP contribution in [0.5, 0.6) is 0 Å². The largest absolute Gasteiger partial charge is 0.391 e. The molecule has 0 aliphatic heterocycles. The molecule has 0 radical (unpaired) electrons. The average molecular weight is 245 g/mol. The van der Waals surface area contributed by atoms with Crippen molar-refractivity contribution >= 4 is 0 Å². The Morgan fingerprint density at radius 2 is 1.75 bits per heavy atom. The van der Waals surface area contributed by atoms with E-state index in [1.165, 1.54) is 0 Å². The third-order valence-corrected chi connectivity index (χ3v) is 3.29. The third kappa shape index (κ3) is 2.84. The molecule has 1 rings (SSSR count). The van der Waals surface area contributed by atoms with Gasteiger partial charge in [0.2, 0.25) is 0 Å². The zero-order valence-electron chi connectivity index (χ0n) is 9.08. The lowest BCUT2D eigenvalue weighted by Gasteiger charge is -2.40. The highest BCUT2D eigenvalue weighted by atomic mass is 19.4. The van der Waals surface area contributed by atoms with Crippen LogP contribution in [0.3, 0.4) is 0 Å². The lowest BCUT2D eigenvalue weighted by Crippen LogP contribution is -2.54. The van der Waals surface area contributed by atoms with Crippen molar-refractivity contribution in [3.05, 3.63) is 0 Å². The molecule has 1 aliphatic carbocycles. The van der Waals surface area contributed by atoms with Crippen molar-refractivity contribution in [2.45, 2.75) is 50.7 Å². The van der Waals surface area contributed by atoms with E-state index in [9.17, 15) is 22.0 Å². The smallest absolute Gasteiger partial charge is 0.307 e. The Morgan fingerprint density at radius 1 is 1.25 bits per heavy atom. The maximum Gasteiger partial charge on any atom is 0.391 e. The summed E-state index contributed by atoms with van der Waals surface area (Å²) in [6.07, 6.45) is -7.49. The van der Waals surface area contributed by atoms with Crippen LogP contribution in [-0.4, -0.2) is 24.7 Å². The van der Waals surface area contributed by atoms with Gasteiger partial charge in [-0.15, -0.1) is 0 Å². The molecule has 0 unspecified atom stereocenters. The van der Waals surface area contributed by atoms with E-state index >= 15 is 0 Å². The lowest BCUT2D eigenvalue weighted by atomic mass is 9.76. The number of alkyl halides is 5. The minimum Gasteiger partial charge on any atom is -0.307 e. The first-order valence-corrected chi connectivity index (χ1v) is 5.41. The first-order chi connectivity index (χ1) is 7.32. The van der Waals surface area contributed by atoms with Crippen molar-refractivity contribution in [2.24, 2.45) is 5.92 Å². The van der Waals surface area contributed by atoms with Gasteiger partial charge in [-0.3, -0.25) is 0 Å². The third-order valence-electron chi connectivity index (χ3n) is 3.29. The van der Waals surface area contributed by atoms with E-state index in [2.05, 4.69) is 5.32 Å². The van der Waals surface area contributed by atoms with Crippen molar-refractivity contribution in [1.29, 1.82) is 0 Å². The monoisotopic (exact) mass is 245 g/mol. The summed E-state index contributed by atoms with van der Waals surface area (Å²) in [4.78, 5) is 0. The molecule has 1 nitrogen and oxygen atoms in total. The molecule has 0 saturated heterocycles. The molecule has 0 aromatic carbocycles. The summed E-state index contributed by atoms with van der Waals surface area (Å²) in [5.41, 5.74) is -1.41. The Balaban J connectivity index is 2.63. The molecule has 0 bridgehead atoms. The van der Waals surface area contributed by atoms with Gasteiger partial charge in [0.15, 0.2) is 0 Å². The number of nitrogens with one attached hydrogen (secondary N) is 1. The van der Waals surface area contributed by atoms with Gasteiger partial charge in [-0.2, -0.15) is 13.2 Å². The molecule has 1 aliphatic rings. The van der Waals surface area contributed by atoms with Crippen molar-refractivity contribution in [1.82, 2.24) is 5.32 Å². The lowest BCUT2D eigenvalue weighted by molar-refractivity contribution is -0.189. The SMILES string of the molecule is CCNC1(C(F)F)CCC(C(F)(F)F)CC1. The molecule has 0 spiro atoms. The van der Waals surface area contributed by atoms with E-state index in [1.54, 1.807) is 6.92 Å². The summed E-state index contributed by atoms with van der Waals surface area (Å²) in [6.45, 7) is 2.03. The van der Waals surface area contributed by atoms with Crippen molar-refractivity contribution < 1.29 is 22.0 Å². The first kappa shape index (κ1) is 13.7. The van der Waals surface area contributed by atoms with Crippen molar-refractivity contribution in [3.63, 3.8) is 0 Å². The standard InChI is InChI=1S/C10H16F5N/c1-2-16-9(8(11)12)5-3-7(4-6-9)10(13,14)15/h7-8,16H,2-6H2,1H3. The van der Waals surface area contributed by atoms with E-state index in [0.717, 1.165) is 0 Å². The molecule has 1 N–H and O–H groups in total. The van der Waals surface area contributed by atoms with Crippen LogP contribution in [0.25, 0.3) is 0 Å². The predicted molar refractivity (Wildman–Crippen MR) is 50.4 cm³/mol. The normalized spacial score (nSPS) is 32.1. The Hall–Kier alpha value is -0.390. The molecular formula is C10H16F5N. The van der Waals surface area contributed by atoms with Crippen LogP contribution in [0.4, 0.5) is 22.0 Å². The molecule has 1 fully saturated rings. The number of halogens is 5. The van der Waals surface area contributed by atoms with Gasteiger partial charge in [0.25, 0.3) is 6.43 Å². The Labute approximate surface area is 91.4 Å². The van der Waals surface area contributed by atoms with Crippen molar-refractivity contribution in [3.8, 4) is 0 Å². The van der Waals surface area contributed by atoms with Crippen LogP contribution in [-0.2, 0) is 0 Å². The fourth-order valence-electron chi connectivity index (χ4n) is 2.28. The summed E-state index contributed by atoms with van der Waals surface area (Å²) in [6, 6.07) is 0. The summed E-state index contributed by atoms with van der Waals surface area (Å²) in [5.74, 6) is -1.42. The fourth-order valence-corrected chi connectivity index (χ4v) is 2.28. The predicted octanol–water partition coefficient (Wildman–Crippen LogP) is 3.35. The number of rotatable bonds is 3.